The van der Waals surface area contributed by atoms with Crippen molar-refractivity contribution in [3.63, 3.8) is 0 Å². The van der Waals surface area contributed by atoms with Crippen molar-refractivity contribution in [3.8, 4) is 17.2 Å². The van der Waals surface area contributed by atoms with Crippen LogP contribution in [0.3, 0.4) is 0 Å². The van der Waals surface area contributed by atoms with Crippen LogP contribution in [0.15, 0.2) is 54.6 Å². The fourth-order valence-electron chi connectivity index (χ4n) is 6.02. The Labute approximate surface area is 232 Å². The Kier molecular flexibility index (Phi) is 8.61. The number of hydrogen-bond donors (Lipinski definition) is 1. The molecule has 208 valence electrons. The topological polar surface area (TPSA) is 45.2 Å². The number of fused-ring (bicyclic) bond motifs is 1. The molecule has 1 fully saturated rings. The fraction of sp³-hybridized carbons (Fsp3) is 0.455. The molecule has 5 rings (SSSR count). The number of nitrogens with zero attached hydrogens (tertiary/aromatic N) is 2. The van der Waals surface area contributed by atoms with E-state index in [1.165, 1.54) is 29.5 Å². The number of anilines is 1. The summed E-state index contributed by atoms with van der Waals surface area (Å²) in [4.78, 5) is 4.58. The standard InChI is InChI=1S/C33H41FN2O3/c1-23-12-14-36(15-13-23)16-17-39-33-11-4-24(18-31(33)34)22-35(2)32-21-29(38-3)9-10-30(32)27-6-5-26-20-28(37)8-7-25(26)19-27/h4,7-11,18,20-21,23,27,37H,5-6,12-17,19,22H2,1-3H3. The molecule has 1 unspecified atom stereocenters. The molecule has 1 atom stereocenters. The Morgan fingerprint density at radius 2 is 1.82 bits per heavy atom. The Morgan fingerprint density at radius 3 is 2.59 bits per heavy atom. The smallest absolute Gasteiger partial charge is 0.165 e. The highest BCUT2D eigenvalue weighted by Gasteiger charge is 2.24. The van der Waals surface area contributed by atoms with Gasteiger partial charge in [-0.2, -0.15) is 0 Å². The number of methoxy groups -OCH3 is 1. The van der Waals surface area contributed by atoms with E-state index < -0.39 is 0 Å². The van der Waals surface area contributed by atoms with Crippen molar-refractivity contribution in [2.24, 2.45) is 5.92 Å². The van der Waals surface area contributed by atoms with E-state index in [9.17, 15) is 9.50 Å². The lowest BCUT2D eigenvalue weighted by Crippen LogP contribution is -2.35. The number of aromatic hydroxyl groups is 1. The lowest BCUT2D eigenvalue weighted by molar-refractivity contribution is 0.158. The number of benzene rings is 3. The predicted molar refractivity (Wildman–Crippen MR) is 155 cm³/mol. The van der Waals surface area contributed by atoms with Crippen LogP contribution in [0.2, 0.25) is 0 Å². The SMILES string of the molecule is COc1ccc(C2CCc3cc(O)ccc3C2)c(N(C)Cc2ccc(OCCN3CCC(C)CC3)c(F)c2)c1. The molecule has 3 aromatic rings. The van der Waals surface area contributed by atoms with Gasteiger partial charge in [-0.25, -0.2) is 4.39 Å². The summed E-state index contributed by atoms with van der Waals surface area (Å²) in [5, 5.41) is 9.87. The third-order valence-corrected chi connectivity index (χ3v) is 8.46. The van der Waals surface area contributed by atoms with Crippen LogP contribution in [0, 0.1) is 11.7 Å². The zero-order chi connectivity index (χ0) is 27.4. The third kappa shape index (κ3) is 6.67. The molecule has 6 heteroatoms. The molecule has 1 saturated heterocycles. The number of piperidine rings is 1. The maximum absolute atomic E-state index is 15.0. The van der Waals surface area contributed by atoms with Crippen molar-refractivity contribution in [3.05, 3.63) is 82.7 Å². The number of phenols is 1. The highest BCUT2D eigenvalue weighted by atomic mass is 19.1. The predicted octanol–water partition coefficient (Wildman–Crippen LogP) is 6.56. The molecular weight excluding hydrogens is 491 g/mol. The van der Waals surface area contributed by atoms with Gasteiger partial charge >= 0.3 is 0 Å². The van der Waals surface area contributed by atoms with Gasteiger partial charge < -0.3 is 19.5 Å². The summed E-state index contributed by atoms with van der Waals surface area (Å²) in [6.07, 6.45) is 5.34. The lowest BCUT2D eigenvalue weighted by Gasteiger charge is -2.30. The molecule has 1 N–H and O–H groups in total. The van der Waals surface area contributed by atoms with Crippen molar-refractivity contribution >= 4 is 5.69 Å². The molecular formula is C33H41FN2O3. The monoisotopic (exact) mass is 532 g/mol. The van der Waals surface area contributed by atoms with Crippen LogP contribution in [0.1, 0.15) is 54.4 Å². The second kappa shape index (κ2) is 12.3. The van der Waals surface area contributed by atoms with E-state index in [4.69, 9.17) is 9.47 Å². The van der Waals surface area contributed by atoms with Crippen molar-refractivity contribution in [2.75, 3.05) is 45.3 Å². The van der Waals surface area contributed by atoms with E-state index in [2.05, 4.69) is 35.9 Å². The van der Waals surface area contributed by atoms with Gasteiger partial charge in [0.1, 0.15) is 18.1 Å². The summed E-state index contributed by atoms with van der Waals surface area (Å²) in [7, 11) is 3.73. The first-order valence-corrected chi connectivity index (χ1v) is 14.2. The molecule has 0 amide bonds. The van der Waals surface area contributed by atoms with Crippen LogP contribution in [0.25, 0.3) is 0 Å². The lowest BCUT2D eigenvalue weighted by atomic mass is 9.79. The van der Waals surface area contributed by atoms with E-state index >= 15 is 0 Å². The first kappa shape index (κ1) is 27.3. The number of aryl methyl sites for hydroxylation is 1. The van der Waals surface area contributed by atoms with E-state index in [0.29, 0.717) is 30.6 Å². The van der Waals surface area contributed by atoms with Gasteiger partial charge in [-0.1, -0.05) is 25.1 Å². The van der Waals surface area contributed by atoms with Gasteiger partial charge in [-0.15, -0.1) is 0 Å². The van der Waals surface area contributed by atoms with Crippen molar-refractivity contribution < 1.29 is 19.0 Å². The second-order valence-corrected chi connectivity index (χ2v) is 11.3. The second-order valence-electron chi connectivity index (χ2n) is 11.3. The molecule has 3 aromatic carbocycles. The van der Waals surface area contributed by atoms with Crippen LogP contribution in [0.5, 0.6) is 17.2 Å². The first-order chi connectivity index (χ1) is 18.9. The van der Waals surface area contributed by atoms with Gasteiger partial charge in [0.2, 0.25) is 0 Å². The number of hydrogen-bond acceptors (Lipinski definition) is 5. The Balaban J connectivity index is 1.25. The van der Waals surface area contributed by atoms with Gasteiger partial charge in [0.05, 0.1) is 7.11 Å². The molecule has 0 spiro atoms. The summed E-state index contributed by atoms with van der Waals surface area (Å²) >= 11 is 0. The normalized spacial score (nSPS) is 18.0. The molecule has 1 aliphatic carbocycles. The Hall–Kier alpha value is -3.25. The Morgan fingerprint density at radius 1 is 1.00 bits per heavy atom. The van der Waals surface area contributed by atoms with Crippen LogP contribution in [0.4, 0.5) is 10.1 Å². The molecule has 1 heterocycles. The molecule has 2 aliphatic rings. The van der Waals surface area contributed by atoms with E-state index in [1.54, 1.807) is 25.3 Å². The summed E-state index contributed by atoms with van der Waals surface area (Å²) in [5.74, 6) is 2.30. The molecule has 5 nitrogen and oxygen atoms in total. The molecule has 0 saturated carbocycles. The highest BCUT2D eigenvalue weighted by Crippen LogP contribution is 2.40. The molecule has 39 heavy (non-hydrogen) atoms. The maximum Gasteiger partial charge on any atom is 0.165 e. The van der Waals surface area contributed by atoms with Crippen molar-refractivity contribution in [1.82, 2.24) is 4.90 Å². The third-order valence-electron chi connectivity index (χ3n) is 8.46. The summed E-state index contributed by atoms with van der Waals surface area (Å²) in [6.45, 7) is 6.41. The van der Waals surface area contributed by atoms with Crippen molar-refractivity contribution in [1.29, 1.82) is 0 Å². The fourth-order valence-corrected chi connectivity index (χ4v) is 6.02. The average molecular weight is 533 g/mol. The zero-order valence-corrected chi connectivity index (χ0v) is 23.5. The molecule has 0 bridgehead atoms. The number of phenolic OH excluding ortho intramolecular Hbond substituents is 1. The maximum atomic E-state index is 15.0. The average Bonchev–Trinajstić information content (AvgIpc) is 2.94. The Bertz CT molecular complexity index is 1270. The quantitative estimate of drug-likeness (QED) is 0.338. The number of rotatable bonds is 9. The van der Waals surface area contributed by atoms with Crippen LogP contribution >= 0.6 is 0 Å². The molecule has 0 aromatic heterocycles. The number of likely N-dealkylation sites (tertiary alicyclic amines) is 1. The van der Waals surface area contributed by atoms with Crippen LogP contribution < -0.4 is 14.4 Å². The minimum Gasteiger partial charge on any atom is -0.508 e. The van der Waals surface area contributed by atoms with Gasteiger partial charge in [-0.05, 0) is 110 Å². The largest absolute Gasteiger partial charge is 0.508 e. The van der Waals surface area contributed by atoms with Gasteiger partial charge in [-0.3, -0.25) is 4.90 Å². The number of ether oxygens (including phenoxy) is 2. The van der Waals surface area contributed by atoms with Gasteiger partial charge in [0, 0.05) is 31.9 Å². The molecule has 0 radical (unpaired) electrons. The van der Waals surface area contributed by atoms with Gasteiger partial charge in [0.15, 0.2) is 11.6 Å². The van der Waals surface area contributed by atoms with E-state index in [1.807, 2.05) is 24.3 Å². The van der Waals surface area contributed by atoms with E-state index in [-0.39, 0.29) is 5.82 Å². The first-order valence-electron chi connectivity index (χ1n) is 14.2. The van der Waals surface area contributed by atoms with E-state index in [0.717, 1.165) is 61.8 Å². The van der Waals surface area contributed by atoms with Crippen molar-refractivity contribution in [2.45, 2.75) is 51.5 Å². The minimum atomic E-state index is -0.314. The van der Waals surface area contributed by atoms with Gasteiger partial charge in [0.25, 0.3) is 0 Å². The summed E-state index contributed by atoms with van der Waals surface area (Å²) < 4.78 is 26.4. The van der Waals surface area contributed by atoms with Crippen LogP contribution in [-0.4, -0.2) is 50.4 Å². The summed E-state index contributed by atoms with van der Waals surface area (Å²) in [6, 6.07) is 17.3. The minimum absolute atomic E-state index is 0.314. The summed E-state index contributed by atoms with van der Waals surface area (Å²) in [5.41, 5.74) is 5.78. The number of halogens is 1. The highest BCUT2D eigenvalue weighted by molar-refractivity contribution is 5.59. The molecule has 1 aliphatic heterocycles. The van der Waals surface area contributed by atoms with Crippen LogP contribution in [-0.2, 0) is 19.4 Å². The zero-order valence-electron chi connectivity index (χ0n) is 23.5.